The summed E-state index contributed by atoms with van der Waals surface area (Å²) in [6, 6.07) is 0.204. The molecule has 2 aliphatic heterocycles. The van der Waals surface area contributed by atoms with Crippen LogP contribution in [0.5, 0.6) is 0 Å². The van der Waals surface area contributed by atoms with Gasteiger partial charge in [0.25, 0.3) is 0 Å². The molecule has 0 spiro atoms. The molecule has 2 heterocycles. The average molecular weight is 489 g/mol. The quantitative estimate of drug-likeness (QED) is 0.605. The third-order valence-electron chi connectivity index (χ3n) is 12.1. The molecule has 0 amide bonds. The van der Waals surface area contributed by atoms with E-state index in [4.69, 9.17) is 9.47 Å². The number of esters is 1. The van der Waals surface area contributed by atoms with Gasteiger partial charge in [0.05, 0.1) is 19.3 Å². The molecule has 0 radical (unpaired) electrons. The van der Waals surface area contributed by atoms with E-state index in [1.165, 1.54) is 44.9 Å². The van der Waals surface area contributed by atoms with E-state index in [1.807, 2.05) is 0 Å². The molecule has 6 rings (SSSR count). The van der Waals surface area contributed by atoms with Crippen LogP contribution in [0.4, 0.5) is 0 Å². The first-order valence-corrected chi connectivity index (χ1v) is 14.7. The number of fused-ring (bicyclic) bond motifs is 5. The molecule has 4 aliphatic carbocycles. The minimum atomic E-state index is -0.693. The summed E-state index contributed by atoms with van der Waals surface area (Å²) < 4.78 is 11.6. The molecular formula is C29H48N2O4. The van der Waals surface area contributed by atoms with Crippen molar-refractivity contribution in [3.8, 4) is 0 Å². The molecule has 6 fully saturated rings. The molecular weight excluding hydrogens is 440 g/mol. The summed E-state index contributed by atoms with van der Waals surface area (Å²) >= 11 is 0. The molecule has 9 atom stereocenters. The molecule has 0 aromatic rings. The monoisotopic (exact) mass is 488 g/mol. The van der Waals surface area contributed by atoms with Crippen LogP contribution in [-0.4, -0.2) is 78.1 Å². The number of nitrogens with zero attached hydrogens (tertiary/aromatic N) is 2. The molecule has 0 aromatic heterocycles. The van der Waals surface area contributed by atoms with Crippen LogP contribution in [0, 0.1) is 34.5 Å². The molecule has 0 bridgehead atoms. The van der Waals surface area contributed by atoms with Gasteiger partial charge < -0.3 is 14.6 Å². The molecule has 35 heavy (non-hydrogen) atoms. The first-order chi connectivity index (χ1) is 16.8. The normalized spacial score (nSPS) is 50.9. The van der Waals surface area contributed by atoms with Gasteiger partial charge in [0.15, 0.2) is 0 Å². The van der Waals surface area contributed by atoms with E-state index in [0.717, 1.165) is 70.5 Å². The number of hydrogen-bond donors (Lipinski definition) is 1. The molecule has 0 unspecified atom stereocenters. The summed E-state index contributed by atoms with van der Waals surface area (Å²) in [5.41, 5.74) is -0.273. The van der Waals surface area contributed by atoms with Gasteiger partial charge in [0, 0.05) is 38.5 Å². The predicted octanol–water partition coefficient (Wildman–Crippen LogP) is 4.06. The van der Waals surface area contributed by atoms with E-state index in [-0.39, 0.29) is 28.9 Å². The highest BCUT2D eigenvalue weighted by Crippen LogP contribution is 2.67. The smallest absolute Gasteiger partial charge is 0.302 e. The molecule has 0 aromatic carbocycles. The van der Waals surface area contributed by atoms with Crippen LogP contribution in [-0.2, 0) is 14.3 Å². The van der Waals surface area contributed by atoms with Crippen molar-refractivity contribution < 1.29 is 19.4 Å². The Hall–Kier alpha value is -0.690. The Balaban J connectivity index is 1.29. The Morgan fingerprint density at radius 3 is 2.34 bits per heavy atom. The highest BCUT2D eigenvalue weighted by atomic mass is 16.5. The highest BCUT2D eigenvalue weighted by Gasteiger charge is 2.65. The number of likely N-dealkylation sites (tertiary alicyclic amines) is 1. The zero-order chi connectivity index (χ0) is 24.4. The minimum absolute atomic E-state index is 0.101. The number of carbonyl (C=O) groups is 1. The number of carbonyl (C=O) groups excluding carboxylic acids is 1. The van der Waals surface area contributed by atoms with Crippen LogP contribution in [0.25, 0.3) is 0 Å². The van der Waals surface area contributed by atoms with E-state index in [9.17, 15) is 9.90 Å². The van der Waals surface area contributed by atoms with Gasteiger partial charge in [0.1, 0.15) is 11.8 Å². The maximum atomic E-state index is 12.4. The van der Waals surface area contributed by atoms with Gasteiger partial charge in [-0.15, -0.1) is 0 Å². The largest absolute Gasteiger partial charge is 0.462 e. The fraction of sp³-hybridized carbons (Fsp3) is 0.966. The molecule has 198 valence electrons. The summed E-state index contributed by atoms with van der Waals surface area (Å²) in [7, 11) is 0. The molecule has 6 aliphatic rings. The molecule has 4 saturated carbocycles. The van der Waals surface area contributed by atoms with E-state index in [2.05, 4.69) is 23.6 Å². The lowest BCUT2D eigenvalue weighted by atomic mass is 9.44. The number of hydrogen-bond acceptors (Lipinski definition) is 6. The lowest BCUT2D eigenvalue weighted by Crippen LogP contribution is -2.70. The van der Waals surface area contributed by atoms with Crippen LogP contribution in [0.3, 0.4) is 0 Å². The van der Waals surface area contributed by atoms with Crippen LogP contribution in [0.15, 0.2) is 0 Å². The van der Waals surface area contributed by atoms with Crippen molar-refractivity contribution in [2.45, 2.75) is 103 Å². The van der Waals surface area contributed by atoms with E-state index in [0.29, 0.717) is 11.8 Å². The van der Waals surface area contributed by atoms with Gasteiger partial charge in [-0.25, -0.2) is 0 Å². The Labute approximate surface area is 212 Å². The maximum absolute atomic E-state index is 12.4. The van der Waals surface area contributed by atoms with Gasteiger partial charge in [-0.1, -0.05) is 13.8 Å². The van der Waals surface area contributed by atoms with Crippen molar-refractivity contribution in [3.05, 3.63) is 0 Å². The summed E-state index contributed by atoms with van der Waals surface area (Å²) in [5, 5.41) is 12.4. The van der Waals surface area contributed by atoms with Gasteiger partial charge in [-0.05, 0) is 93.3 Å². The van der Waals surface area contributed by atoms with Gasteiger partial charge in [-0.3, -0.25) is 14.6 Å². The third kappa shape index (κ3) is 3.83. The Bertz CT molecular complexity index is 811. The van der Waals surface area contributed by atoms with Crippen LogP contribution >= 0.6 is 0 Å². The van der Waals surface area contributed by atoms with Crippen molar-refractivity contribution >= 4 is 5.97 Å². The fourth-order valence-electron chi connectivity index (χ4n) is 10.4. The molecule has 6 heteroatoms. The molecule has 6 nitrogen and oxygen atoms in total. The fourth-order valence-corrected chi connectivity index (χ4v) is 10.4. The highest BCUT2D eigenvalue weighted by molar-refractivity contribution is 5.66. The number of ether oxygens (including phenoxy) is 2. The minimum Gasteiger partial charge on any atom is -0.462 e. The maximum Gasteiger partial charge on any atom is 0.302 e. The second kappa shape index (κ2) is 8.96. The molecule has 1 N–H and O–H groups in total. The number of aliphatic hydroxyl groups is 1. The summed E-state index contributed by atoms with van der Waals surface area (Å²) in [4.78, 5) is 16.9. The third-order valence-corrected chi connectivity index (χ3v) is 12.1. The average Bonchev–Trinajstić information content (AvgIpc) is 3.49. The Kier molecular flexibility index (Phi) is 6.30. The standard InChI is InChI=1S/C29H48N2O4/c1-20(32)35-26-9-8-23-22-7-6-21-18-29(33,31-12-4-5-13-31)25(30-14-16-34-17-15-30)19-28(21,3)24(22)10-11-27(23,26)2/h21-26,33H,4-19H2,1-3H3/t21-,22-,23-,24-,25-,26-,27-,28-,29-/m0/s1. The predicted molar refractivity (Wildman–Crippen MR) is 135 cm³/mol. The van der Waals surface area contributed by atoms with Crippen LogP contribution in [0.2, 0.25) is 0 Å². The summed E-state index contributed by atoms with van der Waals surface area (Å²) in [6.45, 7) is 12.2. The summed E-state index contributed by atoms with van der Waals surface area (Å²) in [6.07, 6.45) is 11.8. The number of rotatable bonds is 3. The second-order valence-corrected chi connectivity index (χ2v) is 13.5. The SMILES string of the molecule is CC(=O)O[C@H]1CC[C@H]2[C@@H]3CC[C@H]4C[C@@](O)(N5CCCC5)[C@@H](N5CCOCC5)C[C@]4(C)[C@H]3CC[C@]12C. The Morgan fingerprint density at radius 2 is 1.63 bits per heavy atom. The van der Waals surface area contributed by atoms with Crippen molar-refractivity contribution in [1.29, 1.82) is 0 Å². The van der Waals surface area contributed by atoms with Crippen LogP contribution < -0.4 is 0 Å². The first-order valence-electron chi connectivity index (χ1n) is 14.7. The van der Waals surface area contributed by atoms with Crippen LogP contribution in [0.1, 0.15) is 85.0 Å². The lowest BCUT2D eigenvalue weighted by molar-refractivity contribution is -0.237. The Morgan fingerprint density at radius 1 is 0.914 bits per heavy atom. The second-order valence-electron chi connectivity index (χ2n) is 13.5. The van der Waals surface area contributed by atoms with Crippen molar-refractivity contribution in [1.82, 2.24) is 9.80 Å². The first kappa shape index (κ1) is 24.6. The van der Waals surface area contributed by atoms with Crippen molar-refractivity contribution in [2.75, 3.05) is 39.4 Å². The van der Waals surface area contributed by atoms with Crippen molar-refractivity contribution in [3.63, 3.8) is 0 Å². The lowest BCUT2D eigenvalue weighted by Gasteiger charge is -2.65. The summed E-state index contributed by atoms with van der Waals surface area (Å²) in [5.74, 6) is 2.61. The van der Waals surface area contributed by atoms with E-state index >= 15 is 0 Å². The van der Waals surface area contributed by atoms with Gasteiger partial charge >= 0.3 is 5.97 Å². The van der Waals surface area contributed by atoms with Crippen molar-refractivity contribution in [2.24, 2.45) is 34.5 Å². The number of morpholine rings is 1. The molecule has 2 saturated heterocycles. The van der Waals surface area contributed by atoms with E-state index < -0.39 is 5.72 Å². The van der Waals surface area contributed by atoms with Gasteiger partial charge in [-0.2, -0.15) is 0 Å². The zero-order valence-electron chi connectivity index (χ0n) is 22.3. The zero-order valence-corrected chi connectivity index (χ0v) is 22.3. The topological polar surface area (TPSA) is 62.2 Å². The van der Waals surface area contributed by atoms with E-state index in [1.54, 1.807) is 6.92 Å². The van der Waals surface area contributed by atoms with Gasteiger partial charge in [0.2, 0.25) is 0 Å².